The van der Waals surface area contributed by atoms with Gasteiger partial charge in [0, 0.05) is 25.1 Å². The SMILES string of the molecule is Cc1c(-c2ccc(F)c(F)c2)sc2c1c(=O)n(CCCO)c(=O)n2C. The van der Waals surface area contributed by atoms with Gasteiger partial charge in [-0.05, 0) is 36.6 Å². The van der Waals surface area contributed by atoms with E-state index >= 15 is 0 Å². The summed E-state index contributed by atoms with van der Waals surface area (Å²) in [5, 5.41) is 9.34. The van der Waals surface area contributed by atoms with Crippen LogP contribution in [-0.2, 0) is 13.6 Å². The number of hydrogen-bond acceptors (Lipinski definition) is 4. The molecule has 0 saturated carbocycles. The van der Waals surface area contributed by atoms with Crippen LogP contribution in [0.4, 0.5) is 8.78 Å². The number of halogens is 2. The number of rotatable bonds is 4. The fourth-order valence-electron chi connectivity index (χ4n) is 2.81. The number of hydrogen-bond donors (Lipinski definition) is 1. The van der Waals surface area contributed by atoms with Gasteiger partial charge in [-0.1, -0.05) is 6.07 Å². The predicted octanol–water partition coefficient (Wildman–Crippen LogP) is 2.40. The van der Waals surface area contributed by atoms with Gasteiger partial charge in [0.25, 0.3) is 5.56 Å². The predicted molar refractivity (Wildman–Crippen MR) is 93.1 cm³/mol. The normalized spacial score (nSPS) is 11.4. The van der Waals surface area contributed by atoms with E-state index in [4.69, 9.17) is 5.11 Å². The second-order valence-corrected chi connectivity index (χ2v) is 6.74. The number of aliphatic hydroxyl groups excluding tert-OH is 1. The van der Waals surface area contributed by atoms with E-state index in [1.807, 2.05) is 0 Å². The molecule has 0 saturated heterocycles. The van der Waals surface area contributed by atoms with Crippen molar-refractivity contribution in [1.29, 1.82) is 0 Å². The number of fused-ring (bicyclic) bond motifs is 1. The first-order valence-corrected chi connectivity index (χ1v) is 8.47. The molecule has 0 fully saturated rings. The van der Waals surface area contributed by atoms with Crippen LogP contribution in [0.1, 0.15) is 12.0 Å². The van der Waals surface area contributed by atoms with Crippen LogP contribution in [0.3, 0.4) is 0 Å². The molecule has 3 rings (SSSR count). The maximum absolute atomic E-state index is 13.6. The van der Waals surface area contributed by atoms with Crippen LogP contribution >= 0.6 is 11.3 Å². The summed E-state index contributed by atoms with van der Waals surface area (Å²) in [4.78, 5) is 26.2. The largest absolute Gasteiger partial charge is 0.396 e. The van der Waals surface area contributed by atoms with Crippen molar-refractivity contribution in [3.05, 3.63) is 56.2 Å². The van der Waals surface area contributed by atoms with Crippen molar-refractivity contribution in [2.24, 2.45) is 7.05 Å². The van der Waals surface area contributed by atoms with E-state index in [0.29, 0.717) is 32.6 Å². The molecule has 8 heteroatoms. The monoisotopic (exact) mass is 366 g/mol. The zero-order valence-corrected chi connectivity index (χ0v) is 14.5. The maximum atomic E-state index is 13.6. The molecule has 0 aliphatic heterocycles. The summed E-state index contributed by atoms with van der Waals surface area (Å²) in [5.41, 5.74) is 0.161. The molecule has 0 unspecified atom stereocenters. The van der Waals surface area contributed by atoms with Gasteiger partial charge in [0.2, 0.25) is 0 Å². The Balaban J connectivity index is 2.31. The van der Waals surface area contributed by atoms with E-state index in [1.165, 1.54) is 22.0 Å². The van der Waals surface area contributed by atoms with E-state index in [2.05, 4.69) is 0 Å². The zero-order chi connectivity index (χ0) is 18.3. The lowest BCUT2D eigenvalue weighted by Crippen LogP contribution is -2.39. The molecular formula is C17H16F2N2O3S. The average molecular weight is 366 g/mol. The third-order valence-electron chi connectivity index (χ3n) is 4.13. The van der Waals surface area contributed by atoms with Gasteiger partial charge < -0.3 is 5.11 Å². The Bertz CT molecular complexity index is 1080. The van der Waals surface area contributed by atoms with Crippen LogP contribution in [0.2, 0.25) is 0 Å². The average Bonchev–Trinajstić information content (AvgIpc) is 2.93. The lowest BCUT2D eigenvalue weighted by atomic mass is 10.1. The highest BCUT2D eigenvalue weighted by atomic mass is 32.1. The Morgan fingerprint density at radius 3 is 2.56 bits per heavy atom. The van der Waals surface area contributed by atoms with Crippen molar-refractivity contribution < 1.29 is 13.9 Å². The van der Waals surface area contributed by atoms with Crippen LogP contribution in [-0.4, -0.2) is 20.8 Å². The third kappa shape index (κ3) is 2.81. The Morgan fingerprint density at radius 1 is 1.20 bits per heavy atom. The fraction of sp³-hybridized carbons (Fsp3) is 0.294. The van der Waals surface area contributed by atoms with Crippen LogP contribution in [0, 0.1) is 18.6 Å². The summed E-state index contributed by atoms with van der Waals surface area (Å²) in [6, 6.07) is 3.56. The van der Waals surface area contributed by atoms with Gasteiger partial charge >= 0.3 is 5.69 Å². The fourth-order valence-corrected chi connectivity index (χ4v) is 4.07. The highest BCUT2D eigenvalue weighted by Crippen LogP contribution is 2.36. The van der Waals surface area contributed by atoms with Crippen LogP contribution in [0.25, 0.3) is 20.7 Å². The second kappa shape index (κ2) is 6.53. The van der Waals surface area contributed by atoms with Crippen molar-refractivity contribution in [1.82, 2.24) is 9.13 Å². The highest BCUT2D eigenvalue weighted by Gasteiger charge is 2.19. The van der Waals surface area contributed by atoms with Crippen molar-refractivity contribution in [3.63, 3.8) is 0 Å². The first-order valence-electron chi connectivity index (χ1n) is 7.66. The van der Waals surface area contributed by atoms with Gasteiger partial charge in [0.15, 0.2) is 11.6 Å². The molecule has 2 aromatic heterocycles. The number of thiophene rings is 1. The number of aromatic nitrogens is 2. The molecule has 0 amide bonds. The standard InChI is InChI=1S/C17H16F2N2O3S/c1-9-13-15(23)21(6-3-7-22)17(24)20(2)16(13)25-14(9)10-4-5-11(18)12(19)8-10/h4-5,8,22H,3,6-7H2,1-2H3. The second-order valence-electron chi connectivity index (χ2n) is 5.74. The summed E-state index contributed by atoms with van der Waals surface area (Å²) < 4.78 is 29.2. The number of benzene rings is 1. The first kappa shape index (κ1) is 17.5. The van der Waals surface area contributed by atoms with Crippen molar-refractivity contribution in [3.8, 4) is 10.4 Å². The van der Waals surface area contributed by atoms with E-state index < -0.39 is 22.9 Å². The summed E-state index contributed by atoms with van der Waals surface area (Å²) in [6.45, 7) is 1.71. The molecule has 0 bridgehead atoms. The smallest absolute Gasteiger partial charge is 0.331 e. The molecule has 3 aromatic rings. The van der Waals surface area contributed by atoms with Crippen LogP contribution in [0.5, 0.6) is 0 Å². The highest BCUT2D eigenvalue weighted by molar-refractivity contribution is 7.22. The molecule has 0 atom stereocenters. The van der Waals surface area contributed by atoms with E-state index in [1.54, 1.807) is 14.0 Å². The molecule has 1 N–H and O–H groups in total. The van der Waals surface area contributed by atoms with Crippen molar-refractivity contribution in [2.75, 3.05) is 6.61 Å². The Kier molecular flexibility index (Phi) is 4.57. The Morgan fingerprint density at radius 2 is 1.92 bits per heavy atom. The number of aryl methyl sites for hydroxylation is 2. The molecule has 0 aliphatic rings. The molecular weight excluding hydrogens is 350 g/mol. The minimum atomic E-state index is -0.969. The molecule has 25 heavy (non-hydrogen) atoms. The van der Waals surface area contributed by atoms with Gasteiger partial charge in [0.05, 0.1) is 5.39 Å². The van der Waals surface area contributed by atoms with Crippen LogP contribution in [0.15, 0.2) is 27.8 Å². The first-order chi connectivity index (χ1) is 11.9. The van der Waals surface area contributed by atoms with Gasteiger partial charge in [-0.25, -0.2) is 13.6 Å². The summed E-state index contributed by atoms with van der Waals surface area (Å²) in [5.74, 6) is -1.91. The van der Waals surface area contributed by atoms with E-state index in [0.717, 1.165) is 16.7 Å². The number of aliphatic hydroxyl groups is 1. The van der Waals surface area contributed by atoms with Crippen LogP contribution < -0.4 is 11.2 Å². The molecule has 0 aliphatic carbocycles. The quantitative estimate of drug-likeness (QED) is 0.771. The minimum Gasteiger partial charge on any atom is -0.396 e. The van der Waals surface area contributed by atoms with Gasteiger partial charge in [-0.15, -0.1) is 11.3 Å². The Labute approximate surface area is 145 Å². The van der Waals surface area contributed by atoms with Crippen molar-refractivity contribution in [2.45, 2.75) is 19.9 Å². The summed E-state index contributed by atoms with van der Waals surface area (Å²) in [6.07, 6.45) is 0.292. The topological polar surface area (TPSA) is 64.2 Å². The maximum Gasteiger partial charge on any atom is 0.331 e. The molecule has 132 valence electrons. The molecule has 1 aromatic carbocycles. The van der Waals surface area contributed by atoms with Gasteiger partial charge in [-0.3, -0.25) is 13.9 Å². The molecule has 2 heterocycles. The van der Waals surface area contributed by atoms with Crippen molar-refractivity contribution >= 4 is 21.6 Å². The van der Waals surface area contributed by atoms with E-state index in [9.17, 15) is 18.4 Å². The lowest BCUT2D eigenvalue weighted by molar-refractivity contribution is 0.277. The Hall–Kier alpha value is -2.32. The van der Waals surface area contributed by atoms with Gasteiger partial charge in [0.1, 0.15) is 4.83 Å². The van der Waals surface area contributed by atoms with E-state index in [-0.39, 0.29) is 13.2 Å². The van der Waals surface area contributed by atoms with Gasteiger partial charge in [-0.2, -0.15) is 0 Å². The number of nitrogens with zero attached hydrogens (tertiary/aromatic N) is 2. The lowest BCUT2D eigenvalue weighted by Gasteiger charge is -2.07. The molecule has 0 radical (unpaired) electrons. The third-order valence-corrected chi connectivity index (χ3v) is 5.55. The summed E-state index contributed by atoms with van der Waals surface area (Å²) >= 11 is 1.19. The minimum absolute atomic E-state index is 0.119. The molecule has 5 nitrogen and oxygen atoms in total. The summed E-state index contributed by atoms with van der Waals surface area (Å²) in [7, 11) is 1.56. The molecule has 0 spiro atoms. The zero-order valence-electron chi connectivity index (χ0n) is 13.7.